The Balaban J connectivity index is 2.24. The van der Waals surface area contributed by atoms with Crippen molar-refractivity contribution in [3.05, 3.63) is 36.0 Å². The molecule has 100 valence electrons. The molecule has 0 aliphatic heterocycles. The van der Waals surface area contributed by atoms with Gasteiger partial charge in [-0.25, -0.2) is 9.37 Å². The van der Waals surface area contributed by atoms with Crippen molar-refractivity contribution in [3.8, 4) is 17.0 Å². The van der Waals surface area contributed by atoms with E-state index in [1.807, 2.05) is 0 Å². The van der Waals surface area contributed by atoms with E-state index in [0.717, 1.165) is 0 Å². The van der Waals surface area contributed by atoms with E-state index in [1.165, 1.54) is 18.3 Å². The number of carbonyl (C=O) groups is 1. The maximum absolute atomic E-state index is 13.7. The molecule has 19 heavy (non-hydrogen) atoms. The third kappa shape index (κ3) is 3.09. The van der Waals surface area contributed by atoms with E-state index in [-0.39, 0.29) is 12.2 Å². The van der Waals surface area contributed by atoms with E-state index in [9.17, 15) is 9.18 Å². The predicted molar refractivity (Wildman–Crippen MR) is 66.5 cm³/mol. The number of carboxylic acids is 1. The highest BCUT2D eigenvalue weighted by molar-refractivity contribution is 5.69. The van der Waals surface area contributed by atoms with Gasteiger partial charge in [0.05, 0.1) is 18.5 Å². The smallest absolute Gasteiger partial charge is 0.311 e. The van der Waals surface area contributed by atoms with Gasteiger partial charge < -0.3 is 14.8 Å². The molecule has 2 rings (SSSR count). The summed E-state index contributed by atoms with van der Waals surface area (Å²) in [4.78, 5) is 17.3. The molecule has 0 saturated carbocycles. The number of aromatic nitrogens is 2. The minimum Gasteiger partial charge on any atom is -0.491 e. The van der Waals surface area contributed by atoms with Crippen LogP contribution in [0.5, 0.6) is 5.75 Å². The first kappa shape index (κ1) is 13.1. The number of ether oxygens (including phenoxy) is 1. The fraction of sp³-hybridized carbons (Fsp3) is 0.231. The molecule has 0 amide bonds. The van der Waals surface area contributed by atoms with Crippen molar-refractivity contribution < 1.29 is 19.0 Å². The van der Waals surface area contributed by atoms with Gasteiger partial charge in [0, 0.05) is 5.56 Å². The molecule has 0 aliphatic carbocycles. The van der Waals surface area contributed by atoms with Crippen molar-refractivity contribution in [2.45, 2.75) is 13.3 Å². The van der Waals surface area contributed by atoms with Gasteiger partial charge in [0.1, 0.15) is 12.2 Å². The molecule has 0 aliphatic rings. The molecule has 2 N–H and O–H groups in total. The van der Waals surface area contributed by atoms with Gasteiger partial charge in [-0.05, 0) is 25.1 Å². The summed E-state index contributed by atoms with van der Waals surface area (Å²) in [6, 6.07) is 4.54. The maximum Gasteiger partial charge on any atom is 0.311 e. The summed E-state index contributed by atoms with van der Waals surface area (Å²) in [5, 5.41) is 8.65. The van der Waals surface area contributed by atoms with Crippen LogP contribution in [0.1, 0.15) is 12.7 Å². The third-order valence-electron chi connectivity index (χ3n) is 2.49. The molecular weight excluding hydrogens is 251 g/mol. The van der Waals surface area contributed by atoms with E-state index >= 15 is 0 Å². The van der Waals surface area contributed by atoms with E-state index in [4.69, 9.17) is 9.84 Å². The van der Waals surface area contributed by atoms with Crippen LogP contribution in [-0.4, -0.2) is 27.7 Å². The van der Waals surface area contributed by atoms with Gasteiger partial charge in [0.2, 0.25) is 0 Å². The second-order valence-corrected chi connectivity index (χ2v) is 3.89. The summed E-state index contributed by atoms with van der Waals surface area (Å²) in [6.07, 6.45) is 1.28. The number of H-pyrrole nitrogens is 1. The zero-order valence-electron chi connectivity index (χ0n) is 10.3. The van der Waals surface area contributed by atoms with E-state index in [0.29, 0.717) is 23.7 Å². The zero-order valence-corrected chi connectivity index (χ0v) is 10.3. The number of carboxylic acid groups (broad SMARTS) is 1. The van der Waals surface area contributed by atoms with Crippen LogP contribution < -0.4 is 4.74 Å². The highest BCUT2D eigenvalue weighted by atomic mass is 19.1. The summed E-state index contributed by atoms with van der Waals surface area (Å²) in [5.74, 6) is -0.916. The van der Waals surface area contributed by atoms with Crippen molar-refractivity contribution in [2.75, 3.05) is 6.61 Å². The predicted octanol–water partition coefficient (Wildman–Crippen LogP) is 2.24. The Morgan fingerprint density at radius 1 is 1.53 bits per heavy atom. The molecule has 0 bridgehead atoms. The normalized spacial score (nSPS) is 10.4. The number of aliphatic carboxylic acids is 1. The first-order valence-corrected chi connectivity index (χ1v) is 5.78. The average Bonchev–Trinajstić information content (AvgIpc) is 2.79. The molecule has 5 nitrogen and oxygen atoms in total. The molecule has 0 atom stereocenters. The van der Waals surface area contributed by atoms with Crippen LogP contribution in [0.4, 0.5) is 4.39 Å². The van der Waals surface area contributed by atoms with Gasteiger partial charge in [-0.15, -0.1) is 0 Å². The Labute approximate surface area is 109 Å². The number of benzene rings is 1. The Bertz CT molecular complexity index is 595. The molecule has 2 aromatic rings. The van der Waals surface area contributed by atoms with Gasteiger partial charge >= 0.3 is 5.97 Å². The molecule has 0 fully saturated rings. The number of halogens is 1. The third-order valence-corrected chi connectivity index (χ3v) is 2.49. The monoisotopic (exact) mass is 264 g/mol. The minimum atomic E-state index is -0.973. The Morgan fingerprint density at radius 2 is 2.32 bits per heavy atom. The molecule has 1 heterocycles. The van der Waals surface area contributed by atoms with Crippen LogP contribution in [0.15, 0.2) is 24.4 Å². The lowest BCUT2D eigenvalue weighted by atomic mass is 10.1. The van der Waals surface area contributed by atoms with Gasteiger partial charge in [-0.1, -0.05) is 0 Å². The molecule has 1 aromatic carbocycles. The molecule has 6 heteroatoms. The number of nitrogens with zero attached hydrogens (tertiary/aromatic N) is 1. The van der Waals surface area contributed by atoms with E-state index < -0.39 is 11.8 Å². The molecule has 0 spiro atoms. The van der Waals surface area contributed by atoms with Crippen molar-refractivity contribution in [3.63, 3.8) is 0 Å². The van der Waals surface area contributed by atoms with Crippen molar-refractivity contribution in [1.82, 2.24) is 9.97 Å². The van der Waals surface area contributed by atoms with Crippen LogP contribution in [0.25, 0.3) is 11.3 Å². The summed E-state index contributed by atoms with van der Waals surface area (Å²) >= 11 is 0. The Kier molecular flexibility index (Phi) is 3.79. The number of imidazole rings is 1. The van der Waals surface area contributed by atoms with Gasteiger partial charge in [-0.2, -0.15) is 0 Å². The van der Waals surface area contributed by atoms with Gasteiger partial charge in [0.25, 0.3) is 0 Å². The maximum atomic E-state index is 13.7. The highest BCUT2D eigenvalue weighted by Gasteiger charge is 2.09. The average molecular weight is 264 g/mol. The number of aromatic amines is 1. The summed E-state index contributed by atoms with van der Waals surface area (Å²) in [7, 11) is 0. The first-order chi connectivity index (χ1) is 9.10. The van der Waals surface area contributed by atoms with E-state index in [1.54, 1.807) is 13.0 Å². The summed E-state index contributed by atoms with van der Waals surface area (Å²) < 4.78 is 18.8. The Hall–Kier alpha value is -2.37. The fourth-order valence-electron chi connectivity index (χ4n) is 1.68. The lowest BCUT2D eigenvalue weighted by Crippen LogP contribution is -2.01. The lowest BCUT2D eigenvalue weighted by Gasteiger charge is -2.05. The number of rotatable bonds is 5. The largest absolute Gasteiger partial charge is 0.491 e. The van der Waals surface area contributed by atoms with Crippen LogP contribution in [0.2, 0.25) is 0 Å². The summed E-state index contributed by atoms with van der Waals surface area (Å²) in [5.41, 5.74) is 1.16. The Morgan fingerprint density at radius 3 is 2.95 bits per heavy atom. The summed E-state index contributed by atoms with van der Waals surface area (Å²) in [6.45, 7) is 2.17. The van der Waals surface area contributed by atoms with Gasteiger partial charge in [-0.3, -0.25) is 4.79 Å². The molecule has 1 aromatic heterocycles. The second-order valence-electron chi connectivity index (χ2n) is 3.89. The molecule has 0 unspecified atom stereocenters. The molecular formula is C13H13FN2O3. The SMILES string of the molecule is CCOc1ccc(-c2cnc(CC(=O)O)[nH]2)cc1F. The van der Waals surface area contributed by atoms with Crippen molar-refractivity contribution in [1.29, 1.82) is 0 Å². The van der Waals surface area contributed by atoms with Crippen LogP contribution in [0.3, 0.4) is 0 Å². The quantitative estimate of drug-likeness (QED) is 0.868. The van der Waals surface area contributed by atoms with Crippen molar-refractivity contribution >= 4 is 5.97 Å². The number of hydrogen-bond donors (Lipinski definition) is 2. The molecule has 0 radical (unpaired) electrons. The van der Waals surface area contributed by atoms with Gasteiger partial charge in [0.15, 0.2) is 11.6 Å². The topological polar surface area (TPSA) is 75.2 Å². The van der Waals surface area contributed by atoms with Crippen LogP contribution >= 0.6 is 0 Å². The van der Waals surface area contributed by atoms with Crippen LogP contribution in [0, 0.1) is 5.82 Å². The van der Waals surface area contributed by atoms with Crippen LogP contribution in [-0.2, 0) is 11.2 Å². The second kappa shape index (κ2) is 5.51. The van der Waals surface area contributed by atoms with Crippen molar-refractivity contribution in [2.24, 2.45) is 0 Å². The highest BCUT2D eigenvalue weighted by Crippen LogP contribution is 2.24. The number of hydrogen-bond acceptors (Lipinski definition) is 3. The molecule has 0 saturated heterocycles. The first-order valence-electron chi connectivity index (χ1n) is 5.78. The lowest BCUT2D eigenvalue weighted by molar-refractivity contribution is -0.136. The van der Waals surface area contributed by atoms with E-state index in [2.05, 4.69) is 9.97 Å². The zero-order chi connectivity index (χ0) is 13.8. The standard InChI is InChI=1S/C13H13FN2O3/c1-2-19-11-4-3-8(5-9(11)14)10-7-15-12(16-10)6-13(17)18/h3-5,7H,2,6H2,1H3,(H,15,16)(H,17,18). The minimum absolute atomic E-state index is 0.191. The fourth-order valence-corrected chi connectivity index (χ4v) is 1.68. The number of nitrogens with one attached hydrogen (secondary N) is 1.